The van der Waals surface area contributed by atoms with Crippen molar-refractivity contribution in [2.24, 2.45) is 5.92 Å². The normalized spacial score (nSPS) is 21.7. The number of rotatable bonds is 7. The summed E-state index contributed by atoms with van der Waals surface area (Å²) in [7, 11) is -1.98. The summed E-state index contributed by atoms with van der Waals surface area (Å²) >= 11 is 0. The predicted octanol–water partition coefficient (Wildman–Crippen LogP) is 6.33. The highest BCUT2D eigenvalue weighted by atomic mass is 28.4. The molecule has 0 saturated carbocycles. The van der Waals surface area contributed by atoms with Gasteiger partial charge in [-0.1, -0.05) is 51.1 Å². The van der Waals surface area contributed by atoms with Gasteiger partial charge in [-0.3, -0.25) is 9.69 Å². The number of likely N-dealkylation sites (tertiary alicyclic amines) is 1. The first-order chi connectivity index (χ1) is 15.2. The third-order valence-corrected chi connectivity index (χ3v) is 11.1. The van der Waals surface area contributed by atoms with Crippen LogP contribution in [-0.2, 0) is 18.7 Å². The number of ether oxygens (including phenoxy) is 2. The van der Waals surface area contributed by atoms with E-state index in [4.69, 9.17) is 13.9 Å². The number of benzene rings is 1. The molecule has 0 unspecified atom stereocenters. The summed E-state index contributed by atoms with van der Waals surface area (Å²) in [6.07, 6.45) is 0.402. The molecule has 1 aliphatic rings. The largest absolute Gasteiger partial charge is 0.466 e. The second-order valence-corrected chi connectivity index (χ2v) is 16.3. The van der Waals surface area contributed by atoms with Crippen LogP contribution in [0.3, 0.4) is 0 Å². The molecule has 3 atom stereocenters. The van der Waals surface area contributed by atoms with E-state index >= 15 is 0 Å². The number of carbonyl (C=O) groups excluding carboxylic acids is 2. The van der Waals surface area contributed by atoms with Crippen LogP contribution in [0.15, 0.2) is 30.3 Å². The third-order valence-electron chi connectivity index (χ3n) is 6.63. The van der Waals surface area contributed by atoms with Crippen LogP contribution in [-0.4, -0.2) is 50.1 Å². The number of hydrogen-bond acceptors (Lipinski definition) is 5. The smallest absolute Gasteiger partial charge is 0.411 e. The average molecular weight is 478 g/mol. The van der Waals surface area contributed by atoms with Crippen LogP contribution < -0.4 is 0 Å². The molecule has 1 aromatic carbocycles. The van der Waals surface area contributed by atoms with Gasteiger partial charge in [-0.25, -0.2) is 4.79 Å². The molecule has 1 saturated heterocycles. The Morgan fingerprint density at radius 2 is 1.67 bits per heavy atom. The molecule has 7 heteroatoms. The minimum atomic E-state index is -1.98. The molecule has 1 aliphatic heterocycles. The molecular formula is C26H43NO5Si. The van der Waals surface area contributed by atoms with Gasteiger partial charge in [0.25, 0.3) is 0 Å². The van der Waals surface area contributed by atoms with Gasteiger partial charge in [-0.05, 0) is 57.8 Å². The van der Waals surface area contributed by atoms with Gasteiger partial charge >= 0.3 is 12.1 Å². The van der Waals surface area contributed by atoms with Crippen molar-refractivity contribution in [3.05, 3.63) is 35.9 Å². The van der Waals surface area contributed by atoms with E-state index in [1.165, 1.54) is 0 Å². The van der Waals surface area contributed by atoms with Crippen molar-refractivity contribution in [2.45, 2.75) is 97.1 Å². The maximum Gasteiger partial charge on any atom is 0.411 e. The molecule has 0 aromatic heterocycles. The van der Waals surface area contributed by atoms with E-state index in [1.807, 2.05) is 51.1 Å². The number of amides is 1. The van der Waals surface area contributed by atoms with Gasteiger partial charge in [0.05, 0.1) is 19.1 Å². The summed E-state index contributed by atoms with van der Waals surface area (Å²) in [5, 5.41) is 0.0863. The van der Waals surface area contributed by atoms with Gasteiger partial charge in [0.1, 0.15) is 5.60 Å². The van der Waals surface area contributed by atoms with E-state index in [9.17, 15) is 9.59 Å². The van der Waals surface area contributed by atoms with Crippen LogP contribution in [0.25, 0.3) is 0 Å². The molecule has 0 aliphatic carbocycles. The van der Waals surface area contributed by atoms with E-state index in [0.717, 1.165) is 5.56 Å². The van der Waals surface area contributed by atoms with E-state index in [2.05, 4.69) is 33.9 Å². The number of esters is 1. The lowest BCUT2D eigenvalue weighted by molar-refractivity contribution is -0.144. The highest BCUT2D eigenvalue weighted by molar-refractivity contribution is 6.74. The van der Waals surface area contributed by atoms with Gasteiger partial charge in [0.2, 0.25) is 0 Å². The zero-order chi connectivity index (χ0) is 25.0. The minimum absolute atomic E-state index is 0.0495. The van der Waals surface area contributed by atoms with Gasteiger partial charge in [-0.15, -0.1) is 0 Å². The molecule has 1 fully saturated rings. The molecule has 1 heterocycles. The maximum atomic E-state index is 13.4. The second kappa shape index (κ2) is 10.6. The number of nitrogens with zero attached hydrogens (tertiary/aromatic N) is 1. The third kappa shape index (κ3) is 7.31. The lowest BCUT2D eigenvalue weighted by Gasteiger charge is -2.38. The molecule has 1 amide bonds. The fraction of sp³-hybridized carbons (Fsp3) is 0.692. The first-order valence-corrected chi connectivity index (χ1v) is 14.9. The van der Waals surface area contributed by atoms with Gasteiger partial charge < -0.3 is 13.9 Å². The van der Waals surface area contributed by atoms with Gasteiger partial charge in [0, 0.05) is 18.6 Å². The van der Waals surface area contributed by atoms with E-state index in [1.54, 1.807) is 11.8 Å². The fourth-order valence-corrected chi connectivity index (χ4v) is 5.06. The lowest BCUT2D eigenvalue weighted by Crippen LogP contribution is -2.44. The molecule has 0 bridgehead atoms. The molecule has 33 heavy (non-hydrogen) atoms. The summed E-state index contributed by atoms with van der Waals surface area (Å²) in [6, 6.07) is 9.46. The molecule has 1 aromatic rings. The quantitative estimate of drug-likeness (QED) is 0.339. The first-order valence-electron chi connectivity index (χ1n) is 12.0. The topological polar surface area (TPSA) is 65.1 Å². The Labute approximate surface area is 201 Å². The Morgan fingerprint density at radius 3 is 2.18 bits per heavy atom. The van der Waals surface area contributed by atoms with Crippen LogP contribution in [0.2, 0.25) is 18.1 Å². The van der Waals surface area contributed by atoms with E-state index in [0.29, 0.717) is 19.6 Å². The molecule has 186 valence electrons. The standard InChI is InChI=1S/C26H43NO5Si/c1-10-30-22(28)17-21-16-20(18-31-33(8,9)26(5,6)7)23(19-14-12-11-13-15-19)27(21)24(29)32-25(2,3)4/h11-15,20-21,23H,10,16-18H2,1-9H3/t20-,21+,23-/m1/s1. The van der Waals surface area contributed by atoms with Crippen molar-refractivity contribution in [3.63, 3.8) is 0 Å². The molecule has 0 radical (unpaired) electrons. The van der Waals surface area contributed by atoms with Crippen molar-refractivity contribution < 1.29 is 23.5 Å². The summed E-state index contributed by atoms with van der Waals surface area (Å²) in [6.45, 7) is 19.4. The molecule has 0 N–H and O–H groups in total. The SMILES string of the molecule is CCOC(=O)C[C@@H]1C[C@H](CO[Si](C)(C)C(C)(C)C)[C@@H](c2ccccc2)N1C(=O)OC(C)(C)C. The lowest BCUT2D eigenvalue weighted by atomic mass is 9.93. The minimum Gasteiger partial charge on any atom is -0.466 e. The van der Waals surface area contributed by atoms with Crippen LogP contribution in [0.5, 0.6) is 0 Å². The highest BCUT2D eigenvalue weighted by Gasteiger charge is 2.48. The summed E-state index contributed by atoms with van der Waals surface area (Å²) in [4.78, 5) is 27.6. The van der Waals surface area contributed by atoms with Crippen molar-refractivity contribution in [1.29, 1.82) is 0 Å². The number of carbonyl (C=O) groups is 2. The second-order valence-electron chi connectivity index (χ2n) is 11.5. The Kier molecular flexibility index (Phi) is 8.79. The monoisotopic (exact) mass is 477 g/mol. The van der Waals surface area contributed by atoms with E-state index < -0.39 is 20.0 Å². The predicted molar refractivity (Wildman–Crippen MR) is 134 cm³/mol. The Balaban J connectivity index is 2.42. The average Bonchev–Trinajstić information content (AvgIpc) is 3.03. The first kappa shape index (κ1) is 27.4. The Hall–Kier alpha value is -1.86. The fourth-order valence-electron chi connectivity index (χ4n) is 3.99. The van der Waals surface area contributed by atoms with Gasteiger partial charge in [-0.2, -0.15) is 0 Å². The van der Waals surface area contributed by atoms with Crippen LogP contribution in [0.4, 0.5) is 4.79 Å². The highest BCUT2D eigenvalue weighted by Crippen LogP contribution is 2.45. The van der Waals surface area contributed by atoms with Crippen molar-refractivity contribution in [1.82, 2.24) is 4.90 Å². The van der Waals surface area contributed by atoms with Crippen LogP contribution in [0, 0.1) is 5.92 Å². The van der Waals surface area contributed by atoms with Crippen LogP contribution >= 0.6 is 0 Å². The van der Waals surface area contributed by atoms with E-state index in [-0.39, 0.29) is 35.4 Å². The number of hydrogen-bond donors (Lipinski definition) is 0. The summed E-state index contributed by atoms with van der Waals surface area (Å²) < 4.78 is 17.6. The van der Waals surface area contributed by atoms with Crippen LogP contribution in [0.1, 0.15) is 72.9 Å². The summed E-state index contributed by atoms with van der Waals surface area (Å²) in [5.41, 5.74) is 0.390. The molecule has 6 nitrogen and oxygen atoms in total. The van der Waals surface area contributed by atoms with Crippen molar-refractivity contribution >= 4 is 20.4 Å². The molecular weight excluding hydrogens is 434 g/mol. The summed E-state index contributed by atoms with van der Waals surface area (Å²) in [5.74, 6) is -0.248. The Bertz CT molecular complexity index is 797. The maximum absolute atomic E-state index is 13.4. The molecule has 0 spiro atoms. The zero-order valence-corrected chi connectivity index (χ0v) is 22.9. The Morgan fingerprint density at radius 1 is 1.06 bits per heavy atom. The zero-order valence-electron chi connectivity index (χ0n) is 21.9. The van der Waals surface area contributed by atoms with Gasteiger partial charge in [0.15, 0.2) is 8.32 Å². The van der Waals surface area contributed by atoms with Crippen molar-refractivity contribution in [2.75, 3.05) is 13.2 Å². The molecule has 2 rings (SSSR count). The van der Waals surface area contributed by atoms with Crippen molar-refractivity contribution in [3.8, 4) is 0 Å².